The molecule has 3 nitrogen and oxygen atoms in total. The first-order chi connectivity index (χ1) is 10.4. The second kappa shape index (κ2) is 7.90. The molecule has 0 bridgehead atoms. The number of hydrogen-bond donors (Lipinski definition) is 1. The highest BCUT2D eigenvalue weighted by Gasteiger charge is 2.20. The van der Waals surface area contributed by atoms with E-state index in [1.165, 1.54) is 70.1 Å². The van der Waals surface area contributed by atoms with Crippen molar-refractivity contribution in [2.45, 2.75) is 57.5 Å². The van der Waals surface area contributed by atoms with Crippen LogP contribution in [-0.4, -0.2) is 35.6 Å². The van der Waals surface area contributed by atoms with Crippen LogP contribution in [0.25, 0.3) is 0 Å². The maximum Gasteiger partial charge on any atom is 0.0271 e. The molecule has 1 N–H and O–H groups in total. The van der Waals surface area contributed by atoms with Crippen LogP contribution in [0.4, 0.5) is 0 Å². The van der Waals surface area contributed by atoms with Crippen molar-refractivity contribution < 1.29 is 0 Å². The summed E-state index contributed by atoms with van der Waals surface area (Å²) in [5, 5.41) is 3.84. The predicted molar refractivity (Wildman–Crippen MR) is 87.1 cm³/mol. The second-order valence-electron chi connectivity index (χ2n) is 6.82. The summed E-state index contributed by atoms with van der Waals surface area (Å²) >= 11 is 0. The molecular formula is C18H29N3. The van der Waals surface area contributed by atoms with Crippen LogP contribution in [0.2, 0.25) is 0 Å². The van der Waals surface area contributed by atoms with E-state index in [9.17, 15) is 0 Å². The Hall–Kier alpha value is -0.930. The van der Waals surface area contributed by atoms with Gasteiger partial charge in [0.1, 0.15) is 0 Å². The zero-order valence-electron chi connectivity index (χ0n) is 13.1. The summed E-state index contributed by atoms with van der Waals surface area (Å²) in [6.45, 7) is 4.79. The molecule has 0 atom stereocenters. The summed E-state index contributed by atoms with van der Waals surface area (Å²) in [5.74, 6) is 0.952. The summed E-state index contributed by atoms with van der Waals surface area (Å²) in [5.41, 5.74) is 1.39. The Labute approximate surface area is 129 Å². The molecule has 1 saturated heterocycles. The van der Waals surface area contributed by atoms with Gasteiger partial charge in [0.05, 0.1) is 0 Å². The third-order valence-electron chi connectivity index (χ3n) is 5.16. The van der Waals surface area contributed by atoms with Gasteiger partial charge in [0.25, 0.3) is 0 Å². The summed E-state index contributed by atoms with van der Waals surface area (Å²) in [7, 11) is 0. The molecule has 1 aliphatic carbocycles. The number of rotatable bonds is 5. The predicted octanol–water partition coefficient (Wildman–Crippen LogP) is 3.22. The lowest BCUT2D eigenvalue weighted by Gasteiger charge is -2.33. The highest BCUT2D eigenvalue weighted by Crippen LogP contribution is 2.23. The maximum absolute atomic E-state index is 4.09. The van der Waals surface area contributed by atoms with Gasteiger partial charge < -0.3 is 5.32 Å². The van der Waals surface area contributed by atoms with E-state index in [1.807, 2.05) is 12.4 Å². The normalized spacial score (nSPS) is 22.5. The van der Waals surface area contributed by atoms with Crippen LogP contribution in [0.15, 0.2) is 24.5 Å². The van der Waals surface area contributed by atoms with Crippen molar-refractivity contribution in [2.24, 2.45) is 5.92 Å². The molecule has 1 aromatic rings. The minimum absolute atomic E-state index is 0.751. The number of pyridine rings is 1. The van der Waals surface area contributed by atoms with Gasteiger partial charge in [-0.2, -0.15) is 0 Å². The van der Waals surface area contributed by atoms with Crippen molar-refractivity contribution in [3.05, 3.63) is 30.1 Å². The first-order valence-corrected chi connectivity index (χ1v) is 8.75. The minimum Gasteiger partial charge on any atom is -0.314 e. The van der Waals surface area contributed by atoms with E-state index in [2.05, 4.69) is 27.3 Å². The van der Waals surface area contributed by atoms with Gasteiger partial charge in [-0.15, -0.1) is 0 Å². The molecule has 0 unspecified atom stereocenters. The standard InChI is InChI=1S/C18H29N3/c1-2-4-16(5-3-1)14-20-18-8-12-21(13-9-18)15-17-6-10-19-11-7-17/h6-7,10-11,16,18,20H,1-5,8-9,12-15H2. The van der Waals surface area contributed by atoms with Crippen molar-refractivity contribution in [1.82, 2.24) is 15.2 Å². The Morgan fingerprint density at radius 3 is 2.43 bits per heavy atom. The van der Waals surface area contributed by atoms with Crippen molar-refractivity contribution >= 4 is 0 Å². The zero-order valence-corrected chi connectivity index (χ0v) is 13.1. The average molecular weight is 287 g/mol. The lowest BCUT2D eigenvalue weighted by atomic mass is 9.89. The molecule has 21 heavy (non-hydrogen) atoms. The average Bonchev–Trinajstić information content (AvgIpc) is 2.56. The lowest BCUT2D eigenvalue weighted by Crippen LogP contribution is -2.43. The third-order valence-corrected chi connectivity index (χ3v) is 5.16. The van der Waals surface area contributed by atoms with Crippen LogP contribution in [0.5, 0.6) is 0 Å². The van der Waals surface area contributed by atoms with E-state index < -0.39 is 0 Å². The van der Waals surface area contributed by atoms with Crippen molar-refractivity contribution in [1.29, 1.82) is 0 Å². The van der Waals surface area contributed by atoms with E-state index in [0.29, 0.717) is 0 Å². The molecule has 2 heterocycles. The number of nitrogens with zero attached hydrogens (tertiary/aromatic N) is 2. The first kappa shape index (κ1) is 15.0. The van der Waals surface area contributed by atoms with Crippen LogP contribution >= 0.6 is 0 Å². The highest BCUT2D eigenvalue weighted by molar-refractivity contribution is 5.09. The van der Waals surface area contributed by atoms with E-state index in [-0.39, 0.29) is 0 Å². The smallest absolute Gasteiger partial charge is 0.0271 e. The fraction of sp³-hybridized carbons (Fsp3) is 0.722. The first-order valence-electron chi connectivity index (χ1n) is 8.75. The molecule has 0 spiro atoms. The third kappa shape index (κ3) is 4.79. The molecular weight excluding hydrogens is 258 g/mol. The zero-order chi connectivity index (χ0) is 14.3. The summed E-state index contributed by atoms with van der Waals surface area (Å²) < 4.78 is 0. The molecule has 1 saturated carbocycles. The topological polar surface area (TPSA) is 28.2 Å². The molecule has 0 radical (unpaired) electrons. The maximum atomic E-state index is 4.09. The van der Waals surface area contributed by atoms with Gasteiger partial charge in [0.15, 0.2) is 0 Å². The number of aromatic nitrogens is 1. The number of piperidine rings is 1. The van der Waals surface area contributed by atoms with Gasteiger partial charge in [-0.05, 0) is 68.9 Å². The van der Waals surface area contributed by atoms with Crippen molar-refractivity contribution in [3.63, 3.8) is 0 Å². The second-order valence-corrected chi connectivity index (χ2v) is 6.82. The van der Waals surface area contributed by atoms with Crippen LogP contribution in [0, 0.1) is 5.92 Å². The van der Waals surface area contributed by atoms with E-state index in [0.717, 1.165) is 18.5 Å². The Morgan fingerprint density at radius 2 is 1.71 bits per heavy atom. The SMILES string of the molecule is c1cc(CN2CCC(NCC3CCCCC3)CC2)ccn1. The Kier molecular flexibility index (Phi) is 5.64. The fourth-order valence-corrected chi connectivity index (χ4v) is 3.77. The van der Waals surface area contributed by atoms with E-state index in [1.54, 1.807) is 0 Å². The molecule has 2 aliphatic rings. The molecule has 0 amide bonds. The van der Waals surface area contributed by atoms with Gasteiger partial charge in [-0.25, -0.2) is 0 Å². The molecule has 3 rings (SSSR count). The fourth-order valence-electron chi connectivity index (χ4n) is 3.77. The van der Waals surface area contributed by atoms with Gasteiger partial charge in [0.2, 0.25) is 0 Å². The number of hydrogen-bond acceptors (Lipinski definition) is 3. The number of nitrogens with one attached hydrogen (secondary N) is 1. The van der Waals surface area contributed by atoms with E-state index >= 15 is 0 Å². The monoisotopic (exact) mass is 287 g/mol. The quantitative estimate of drug-likeness (QED) is 0.901. The molecule has 2 fully saturated rings. The van der Waals surface area contributed by atoms with Crippen molar-refractivity contribution in [3.8, 4) is 0 Å². The molecule has 1 aliphatic heterocycles. The molecule has 0 aromatic carbocycles. The van der Waals surface area contributed by atoms with Gasteiger partial charge in [-0.1, -0.05) is 19.3 Å². The van der Waals surface area contributed by atoms with Crippen LogP contribution in [0.3, 0.4) is 0 Å². The number of likely N-dealkylation sites (tertiary alicyclic amines) is 1. The Balaban J connectivity index is 1.35. The lowest BCUT2D eigenvalue weighted by molar-refractivity contribution is 0.185. The molecule has 116 valence electrons. The van der Waals surface area contributed by atoms with Crippen LogP contribution < -0.4 is 5.32 Å². The largest absolute Gasteiger partial charge is 0.314 e. The summed E-state index contributed by atoms with van der Waals surface area (Å²) in [6, 6.07) is 5.02. The van der Waals surface area contributed by atoms with Crippen molar-refractivity contribution in [2.75, 3.05) is 19.6 Å². The highest BCUT2D eigenvalue weighted by atomic mass is 15.1. The van der Waals surface area contributed by atoms with E-state index in [4.69, 9.17) is 0 Å². The molecule has 3 heteroatoms. The minimum atomic E-state index is 0.751. The Morgan fingerprint density at radius 1 is 1.00 bits per heavy atom. The van der Waals surface area contributed by atoms with Crippen LogP contribution in [0.1, 0.15) is 50.5 Å². The van der Waals surface area contributed by atoms with Gasteiger partial charge >= 0.3 is 0 Å². The Bertz CT molecular complexity index is 392. The summed E-state index contributed by atoms with van der Waals surface area (Å²) in [4.78, 5) is 6.67. The van der Waals surface area contributed by atoms with Crippen LogP contribution in [-0.2, 0) is 6.54 Å². The van der Waals surface area contributed by atoms with Gasteiger partial charge in [0, 0.05) is 25.0 Å². The van der Waals surface area contributed by atoms with Gasteiger partial charge in [-0.3, -0.25) is 9.88 Å². The molecule has 1 aromatic heterocycles. The summed E-state index contributed by atoms with van der Waals surface area (Å²) in [6.07, 6.45) is 13.7.